The molecule has 0 aliphatic rings. The summed E-state index contributed by atoms with van der Waals surface area (Å²) < 4.78 is 13.4. The second-order valence-electron chi connectivity index (χ2n) is 9.54. The van der Waals surface area contributed by atoms with Crippen LogP contribution >= 0.6 is 0 Å². The summed E-state index contributed by atoms with van der Waals surface area (Å²) in [5.41, 5.74) is 5.37. The van der Waals surface area contributed by atoms with E-state index >= 15 is 0 Å². The number of rotatable bonds is 11. The number of carbonyl (C=O) groups is 1. The zero-order valence-electron chi connectivity index (χ0n) is 22.3. The number of nitrogens with one attached hydrogen (secondary N) is 1. The molecule has 5 rings (SSSR count). The fourth-order valence-electron chi connectivity index (χ4n) is 5.04. The Labute approximate surface area is 229 Å². The van der Waals surface area contributed by atoms with Gasteiger partial charge in [-0.15, -0.1) is 0 Å². The molecule has 1 amide bonds. The van der Waals surface area contributed by atoms with E-state index in [0.29, 0.717) is 24.5 Å². The zero-order valence-corrected chi connectivity index (χ0v) is 22.3. The van der Waals surface area contributed by atoms with Crippen LogP contribution in [-0.4, -0.2) is 36.2 Å². The van der Waals surface area contributed by atoms with E-state index in [2.05, 4.69) is 69.6 Å². The number of hydrogen-bond acceptors (Lipinski definition) is 4. The Hall–Kier alpha value is -4.58. The number of amides is 1. The van der Waals surface area contributed by atoms with Crippen molar-refractivity contribution >= 4 is 16.8 Å². The van der Waals surface area contributed by atoms with Crippen LogP contribution in [-0.2, 0) is 17.8 Å². The molecule has 0 saturated heterocycles. The number of pyridine rings is 1. The van der Waals surface area contributed by atoms with Crippen molar-refractivity contribution in [3.8, 4) is 11.5 Å². The summed E-state index contributed by atoms with van der Waals surface area (Å²) in [6.07, 6.45) is 4.93. The molecule has 1 N–H and O–H groups in total. The molecular weight excluding hydrogens is 486 g/mol. The molecule has 5 aromatic rings. The van der Waals surface area contributed by atoms with Crippen molar-refractivity contribution in [3.63, 3.8) is 0 Å². The fraction of sp³-hybridized carbons (Fsp3) is 0.212. The number of benzene rings is 3. The van der Waals surface area contributed by atoms with Crippen LogP contribution in [0.2, 0.25) is 0 Å². The van der Waals surface area contributed by atoms with Gasteiger partial charge in [0.1, 0.15) is 11.5 Å². The van der Waals surface area contributed by atoms with Crippen LogP contribution in [0.1, 0.15) is 34.7 Å². The first-order chi connectivity index (χ1) is 19.1. The summed E-state index contributed by atoms with van der Waals surface area (Å²) in [4.78, 5) is 17.7. The van der Waals surface area contributed by atoms with Gasteiger partial charge in [-0.2, -0.15) is 0 Å². The Morgan fingerprint density at radius 3 is 2.33 bits per heavy atom. The number of aromatic nitrogens is 2. The second kappa shape index (κ2) is 12.3. The third-order valence-electron chi connectivity index (χ3n) is 6.99. The van der Waals surface area contributed by atoms with E-state index in [1.54, 1.807) is 20.4 Å². The Bertz CT molecular complexity index is 1510. The van der Waals surface area contributed by atoms with E-state index in [9.17, 15) is 4.79 Å². The number of carbonyl (C=O) groups excluding carboxylic acids is 1. The minimum Gasteiger partial charge on any atom is -0.497 e. The summed E-state index contributed by atoms with van der Waals surface area (Å²) >= 11 is 0. The summed E-state index contributed by atoms with van der Waals surface area (Å²) in [5.74, 6) is 1.17. The number of hydrogen-bond donors (Lipinski definition) is 1. The van der Waals surface area contributed by atoms with Crippen molar-refractivity contribution in [1.29, 1.82) is 0 Å². The lowest BCUT2D eigenvalue weighted by Gasteiger charge is -2.19. The third-order valence-corrected chi connectivity index (χ3v) is 6.99. The first kappa shape index (κ1) is 26.0. The van der Waals surface area contributed by atoms with Gasteiger partial charge in [0, 0.05) is 66.9 Å². The number of ether oxygens (including phenoxy) is 2. The van der Waals surface area contributed by atoms with E-state index in [0.717, 1.165) is 34.3 Å². The summed E-state index contributed by atoms with van der Waals surface area (Å²) in [6, 6.07) is 30.5. The molecule has 1 atom stereocenters. The first-order valence-corrected chi connectivity index (χ1v) is 13.2. The number of fused-ring (bicyclic) bond motifs is 1. The van der Waals surface area contributed by atoms with Crippen LogP contribution in [0.3, 0.4) is 0 Å². The van der Waals surface area contributed by atoms with Crippen LogP contribution in [0.5, 0.6) is 11.5 Å². The molecule has 0 spiro atoms. The highest BCUT2D eigenvalue weighted by Crippen LogP contribution is 2.38. The minimum absolute atomic E-state index is 0.0161. The summed E-state index contributed by atoms with van der Waals surface area (Å²) in [5, 5.41) is 4.23. The number of para-hydroxylation sites is 1. The van der Waals surface area contributed by atoms with Crippen molar-refractivity contribution in [2.75, 3.05) is 20.8 Å². The highest BCUT2D eigenvalue weighted by Gasteiger charge is 2.24. The van der Waals surface area contributed by atoms with E-state index in [4.69, 9.17) is 9.47 Å². The quantitative estimate of drug-likeness (QED) is 0.233. The zero-order chi connectivity index (χ0) is 27.0. The third kappa shape index (κ3) is 6.29. The van der Waals surface area contributed by atoms with Gasteiger partial charge in [-0.1, -0.05) is 54.6 Å². The lowest BCUT2D eigenvalue weighted by molar-refractivity contribution is -0.121. The Morgan fingerprint density at radius 1 is 0.897 bits per heavy atom. The maximum atomic E-state index is 13.3. The molecule has 0 radical (unpaired) electrons. The maximum Gasteiger partial charge on any atom is 0.220 e. The molecular formula is C33H33N3O3. The molecule has 198 valence electrons. The van der Waals surface area contributed by atoms with Gasteiger partial charge in [0.25, 0.3) is 0 Å². The molecule has 0 fully saturated rings. The van der Waals surface area contributed by atoms with Crippen molar-refractivity contribution in [3.05, 3.63) is 126 Å². The van der Waals surface area contributed by atoms with Crippen LogP contribution in [0, 0.1) is 0 Å². The Balaban J connectivity index is 1.50. The Kier molecular flexibility index (Phi) is 8.22. The van der Waals surface area contributed by atoms with Gasteiger partial charge in [-0.05, 0) is 47.0 Å². The molecule has 39 heavy (non-hydrogen) atoms. The molecule has 0 bridgehead atoms. The lowest BCUT2D eigenvalue weighted by atomic mass is 9.87. The van der Waals surface area contributed by atoms with E-state index < -0.39 is 0 Å². The summed E-state index contributed by atoms with van der Waals surface area (Å²) in [6.45, 7) is 1.27. The maximum absolute atomic E-state index is 13.3. The predicted molar refractivity (Wildman–Crippen MR) is 154 cm³/mol. The van der Waals surface area contributed by atoms with Gasteiger partial charge >= 0.3 is 0 Å². The van der Waals surface area contributed by atoms with Crippen LogP contribution in [0.25, 0.3) is 10.9 Å². The van der Waals surface area contributed by atoms with Crippen molar-refractivity contribution in [2.45, 2.75) is 25.3 Å². The largest absolute Gasteiger partial charge is 0.497 e. The van der Waals surface area contributed by atoms with Gasteiger partial charge in [-0.25, -0.2) is 0 Å². The molecule has 0 aliphatic heterocycles. The monoisotopic (exact) mass is 519 g/mol. The Morgan fingerprint density at radius 2 is 1.62 bits per heavy atom. The van der Waals surface area contributed by atoms with Crippen LogP contribution in [0.15, 0.2) is 103 Å². The topological polar surface area (TPSA) is 65.4 Å². The van der Waals surface area contributed by atoms with Gasteiger partial charge in [0.05, 0.1) is 14.2 Å². The normalized spacial score (nSPS) is 11.7. The number of methoxy groups -OCH3 is 2. The predicted octanol–water partition coefficient (Wildman–Crippen LogP) is 5.98. The van der Waals surface area contributed by atoms with Gasteiger partial charge in [-0.3, -0.25) is 9.78 Å². The lowest BCUT2D eigenvalue weighted by Crippen LogP contribution is -2.27. The molecule has 3 aromatic carbocycles. The fourth-order valence-corrected chi connectivity index (χ4v) is 5.04. The molecule has 0 aliphatic carbocycles. The molecule has 6 nitrogen and oxygen atoms in total. The van der Waals surface area contributed by atoms with Gasteiger partial charge in [0.15, 0.2) is 0 Å². The van der Waals surface area contributed by atoms with Crippen molar-refractivity contribution in [2.24, 2.45) is 0 Å². The van der Waals surface area contributed by atoms with E-state index in [1.807, 2.05) is 42.5 Å². The highest BCUT2D eigenvalue weighted by molar-refractivity contribution is 5.87. The molecule has 2 heterocycles. The van der Waals surface area contributed by atoms with Gasteiger partial charge in [0.2, 0.25) is 5.91 Å². The molecule has 0 unspecified atom stereocenters. The van der Waals surface area contributed by atoms with Gasteiger partial charge < -0.3 is 19.4 Å². The SMILES string of the molecule is COc1cc(OC)cc([C@H](CC(=O)NCCc2ccccn2)c2cn(Cc3ccccc3)c3ccccc23)c1. The average Bonchev–Trinajstić information content (AvgIpc) is 3.34. The minimum atomic E-state index is -0.203. The number of nitrogens with zero attached hydrogens (tertiary/aromatic N) is 2. The first-order valence-electron chi connectivity index (χ1n) is 13.2. The smallest absolute Gasteiger partial charge is 0.220 e. The van der Waals surface area contributed by atoms with Crippen molar-refractivity contribution in [1.82, 2.24) is 14.9 Å². The van der Waals surface area contributed by atoms with Crippen molar-refractivity contribution < 1.29 is 14.3 Å². The van der Waals surface area contributed by atoms with Crippen LogP contribution < -0.4 is 14.8 Å². The molecule has 6 heteroatoms. The van der Waals surface area contributed by atoms with E-state index in [-0.39, 0.29) is 18.2 Å². The molecule has 2 aromatic heterocycles. The average molecular weight is 520 g/mol. The van der Waals surface area contributed by atoms with Crippen LogP contribution in [0.4, 0.5) is 0 Å². The molecule has 0 saturated carbocycles. The van der Waals surface area contributed by atoms with E-state index in [1.165, 1.54) is 5.56 Å². The highest BCUT2D eigenvalue weighted by atomic mass is 16.5. The summed E-state index contributed by atoms with van der Waals surface area (Å²) in [7, 11) is 3.28. The second-order valence-corrected chi connectivity index (χ2v) is 9.54. The standard InChI is InChI=1S/C33H33N3O3/c1-38-27-18-25(19-28(20-27)39-2)30(21-33(37)35-17-15-26-12-8-9-16-34-26)31-23-36(22-24-10-4-3-5-11-24)32-14-7-6-13-29(31)32/h3-14,16,18-20,23,30H,15,17,21-22H2,1-2H3,(H,35,37)/t30-/m0/s1.